The molecule has 0 bridgehead atoms. The lowest BCUT2D eigenvalue weighted by molar-refractivity contribution is -0.384. The molecule has 0 aliphatic carbocycles. The van der Waals surface area contributed by atoms with Crippen LogP contribution in [0.25, 0.3) is 0 Å². The molecule has 0 radical (unpaired) electrons. The molecule has 2 rings (SSSR count). The zero-order valence-electron chi connectivity index (χ0n) is 8.41. The molecule has 16 heavy (non-hydrogen) atoms. The summed E-state index contributed by atoms with van der Waals surface area (Å²) in [4.78, 5) is 25.3. The molecule has 1 heterocycles. The van der Waals surface area contributed by atoms with Crippen molar-refractivity contribution < 1.29 is 9.72 Å². The average Bonchev–Trinajstić information content (AvgIpc) is 2.58. The summed E-state index contributed by atoms with van der Waals surface area (Å²) in [6, 6.07) is 6.00. The van der Waals surface area contributed by atoms with Crippen LogP contribution < -0.4 is 0 Å². The van der Waals surface area contributed by atoms with Crippen molar-refractivity contribution in [2.45, 2.75) is 12.2 Å². The van der Waals surface area contributed by atoms with E-state index < -0.39 is 4.92 Å². The number of hydrogen-bond donors (Lipinski definition) is 0. The number of amides is 1. The molecule has 1 aromatic rings. The van der Waals surface area contributed by atoms with Gasteiger partial charge in [0, 0.05) is 12.1 Å². The minimum Gasteiger partial charge on any atom is -0.271 e. The smallest absolute Gasteiger partial charge is 0.269 e. The fourth-order valence-electron chi connectivity index (χ4n) is 1.44. The Kier molecular flexibility index (Phi) is 2.74. The van der Waals surface area contributed by atoms with Crippen molar-refractivity contribution in [3.05, 3.63) is 39.9 Å². The van der Waals surface area contributed by atoms with Crippen molar-refractivity contribution in [2.75, 3.05) is 0 Å². The topological polar surface area (TPSA) is 72.6 Å². The van der Waals surface area contributed by atoms with Gasteiger partial charge in [0.05, 0.1) is 9.97 Å². The number of carbonyl (C=O) groups is 1. The number of aliphatic imine (C=N–C) groups is 1. The monoisotopic (exact) mass is 236 g/mol. The lowest BCUT2D eigenvalue weighted by Crippen LogP contribution is -2.01. The fourth-order valence-corrected chi connectivity index (χ4v) is 2.37. The Bertz CT molecular complexity index is 481. The van der Waals surface area contributed by atoms with Gasteiger partial charge in [0.2, 0.25) is 0 Å². The predicted octanol–water partition coefficient (Wildman–Crippen LogP) is 2.33. The Labute approximate surface area is 95.7 Å². The molecule has 0 aromatic heterocycles. The molecule has 5 nitrogen and oxygen atoms in total. The van der Waals surface area contributed by atoms with Gasteiger partial charge < -0.3 is 0 Å². The first-order chi connectivity index (χ1) is 7.58. The fraction of sp³-hybridized carbons (Fsp3) is 0.200. The molecular weight excluding hydrogens is 228 g/mol. The van der Waals surface area contributed by atoms with Gasteiger partial charge in [0.25, 0.3) is 11.6 Å². The third-order valence-electron chi connectivity index (χ3n) is 2.19. The summed E-state index contributed by atoms with van der Waals surface area (Å²) in [7, 11) is 0. The van der Waals surface area contributed by atoms with Crippen LogP contribution in [0.5, 0.6) is 0 Å². The molecule has 1 unspecified atom stereocenters. The van der Waals surface area contributed by atoms with E-state index >= 15 is 0 Å². The van der Waals surface area contributed by atoms with E-state index in [0.29, 0.717) is 0 Å². The van der Waals surface area contributed by atoms with Crippen LogP contribution in [-0.2, 0) is 4.79 Å². The molecule has 1 atom stereocenters. The predicted molar refractivity (Wildman–Crippen MR) is 61.5 cm³/mol. The van der Waals surface area contributed by atoms with Gasteiger partial charge in [-0.3, -0.25) is 14.9 Å². The maximum Gasteiger partial charge on any atom is 0.269 e. The second-order valence-electron chi connectivity index (χ2n) is 3.32. The summed E-state index contributed by atoms with van der Waals surface area (Å²) in [5.74, 6) is -0.198. The molecule has 1 aliphatic rings. The van der Waals surface area contributed by atoms with Gasteiger partial charge in [0.15, 0.2) is 0 Å². The van der Waals surface area contributed by atoms with Crippen LogP contribution in [0.2, 0.25) is 0 Å². The van der Waals surface area contributed by atoms with Gasteiger partial charge in [-0.05, 0) is 12.5 Å². The van der Waals surface area contributed by atoms with Gasteiger partial charge >= 0.3 is 0 Å². The highest BCUT2D eigenvalue weighted by Crippen LogP contribution is 2.36. The number of carbonyl (C=O) groups excluding carboxylic acids is 1. The van der Waals surface area contributed by atoms with E-state index in [4.69, 9.17) is 0 Å². The molecule has 0 fully saturated rings. The van der Waals surface area contributed by atoms with Crippen molar-refractivity contribution in [2.24, 2.45) is 4.99 Å². The number of nitro benzene ring substituents is 1. The molecule has 6 heteroatoms. The van der Waals surface area contributed by atoms with Crippen LogP contribution in [0.3, 0.4) is 0 Å². The minimum atomic E-state index is -0.463. The maximum absolute atomic E-state index is 11.5. The first-order valence-corrected chi connectivity index (χ1v) is 5.46. The number of rotatable bonds is 2. The maximum atomic E-state index is 11.5. The summed E-state index contributed by atoms with van der Waals surface area (Å²) in [6.07, 6.45) is 0. The van der Waals surface area contributed by atoms with E-state index in [0.717, 1.165) is 10.6 Å². The Morgan fingerprint density at radius 1 is 1.38 bits per heavy atom. The van der Waals surface area contributed by atoms with E-state index in [1.54, 1.807) is 19.1 Å². The zero-order valence-corrected chi connectivity index (χ0v) is 9.23. The number of benzene rings is 1. The summed E-state index contributed by atoms with van der Waals surface area (Å²) in [6.45, 7) is 1.77. The van der Waals surface area contributed by atoms with Crippen LogP contribution in [0.1, 0.15) is 17.7 Å². The van der Waals surface area contributed by atoms with E-state index in [1.165, 1.54) is 23.9 Å². The lowest BCUT2D eigenvalue weighted by Gasteiger charge is -2.05. The first kappa shape index (κ1) is 10.8. The molecule has 0 saturated carbocycles. The van der Waals surface area contributed by atoms with Gasteiger partial charge in [-0.15, -0.1) is 0 Å². The van der Waals surface area contributed by atoms with Crippen LogP contribution in [-0.4, -0.2) is 15.9 Å². The number of thioether (sulfide) groups is 1. The van der Waals surface area contributed by atoms with E-state index in [9.17, 15) is 14.9 Å². The van der Waals surface area contributed by atoms with E-state index in [-0.39, 0.29) is 16.8 Å². The largest absolute Gasteiger partial charge is 0.271 e. The standard InChI is InChI=1S/C10H8N2O3S/c1-6-11-10(13)9(16-6)7-2-4-8(5-3-7)12(14)15/h2-5,9H,1H3. The molecule has 0 N–H and O–H groups in total. The quantitative estimate of drug-likeness (QED) is 0.583. The molecule has 0 saturated heterocycles. The second-order valence-corrected chi connectivity index (χ2v) is 4.61. The van der Waals surface area contributed by atoms with Crippen LogP contribution in [0.4, 0.5) is 5.69 Å². The number of non-ortho nitro benzene ring substituents is 1. The number of nitrogens with zero attached hydrogens (tertiary/aromatic N) is 2. The van der Waals surface area contributed by atoms with Crippen LogP contribution in [0, 0.1) is 10.1 Å². The van der Waals surface area contributed by atoms with E-state index in [1.807, 2.05) is 0 Å². The molecular formula is C10H8N2O3S. The van der Waals surface area contributed by atoms with Crippen LogP contribution in [0.15, 0.2) is 29.3 Å². The molecule has 1 aromatic carbocycles. The number of hydrogen-bond acceptors (Lipinski definition) is 4. The normalized spacial score (nSPS) is 19.7. The lowest BCUT2D eigenvalue weighted by atomic mass is 10.1. The third-order valence-corrected chi connectivity index (χ3v) is 3.33. The molecule has 1 amide bonds. The van der Waals surface area contributed by atoms with Gasteiger partial charge in [0.1, 0.15) is 5.25 Å². The van der Waals surface area contributed by atoms with Crippen molar-refractivity contribution in [1.82, 2.24) is 0 Å². The van der Waals surface area contributed by atoms with Crippen molar-refractivity contribution >= 4 is 28.4 Å². The molecule has 1 aliphatic heterocycles. The Hall–Kier alpha value is -1.69. The summed E-state index contributed by atoms with van der Waals surface area (Å²) >= 11 is 1.37. The highest BCUT2D eigenvalue weighted by molar-refractivity contribution is 8.15. The van der Waals surface area contributed by atoms with Crippen molar-refractivity contribution in [3.63, 3.8) is 0 Å². The SMILES string of the molecule is CC1=NC(=O)C(c2ccc([N+](=O)[O-])cc2)S1. The summed E-state index contributed by atoms with van der Waals surface area (Å²) < 4.78 is 0. The summed E-state index contributed by atoms with van der Waals surface area (Å²) in [5, 5.41) is 10.8. The summed E-state index contributed by atoms with van der Waals surface area (Å²) in [5.41, 5.74) is 0.776. The Morgan fingerprint density at radius 2 is 2.00 bits per heavy atom. The second kappa shape index (κ2) is 4.05. The minimum absolute atomic E-state index is 0.0248. The molecule has 0 spiro atoms. The third kappa shape index (κ3) is 1.96. The Morgan fingerprint density at radius 3 is 2.44 bits per heavy atom. The number of nitro groups is 1. The van der Waals surface area contributed by atoms with Gasteiger partial charge in [-0.2, -0.15) is 0 Å². The Balaban J connectivity index is 2.23. The van der Waals surface area contributed by atoms with E-state index in [2.05, 4.69) is 4.99 Å². The van der Waals surface area contributed by atoms with Gasteiger partial charge in [-0.1, -0.05) is 23.9 Å². The molecule has 82 valence electrons. The van der Waals surface area contributed by atoms with Crippen molar-refractivity contribution in [3.8, 4) is 0 Å². The van der Waals surface area contributed by atoms with Crippen LogP contribution >= 0.6 is 11.8 Å². The highest BCUT2D eigenvalue weighted by atomic mass is 32.2. The first-order valence-electron chi connectivity index (χ1n) is 4.58. The van der Waals surface area contributed by atoms with Crippen molar-refractivity contribution in [1.29, 1.82) is 0 Å². The van der Waals surface area contributed by atoms with Gasteiger partial charge in [-0.25, -0.2) is 4.99 Å². The average molecular weight is 236 g/mol. The highest BCUT2D eigenvalue weighted by Gasteiger charge is 2.27. The zero-order chi connectivity index (χ0) is 11.7.